The molecule has 0 aliphatic rings. The zero-order chi connectivity index (χ0) is 3.58. The molecule has 9 heteroatoms. The second-order valence-electron chi connectivity index (χ2n) is 0.519. The third kappa shape index (κ3) is 29200. The zero-order valence-electron chi connectivity index (χ0n) is 6.06. The van der Waals surface area contributed by atoms with Gasteiger partial charge in [0.25, 0.3) is 5.97 Å². The van der Waals surface area contributed by atoms with Crippen LogP contribution in [0.2, 0.25) is 0 Å². The Labute approximate surface area is 83.2 Å². The van der Waals surface area contributed by atoms with Crippen molar-refractivity contribution in [2.24, 2.45) is 0 Å². The molecule has 0 rings (SSSR count). The molecular formula is C2H18O8Pb. The first-order valence-electron chi connectivity index (χ1n) is 0.928. The molecule has 0 fully saturated rings. The van der Waals surface area contributed by atoms with Gasteiger partial charge in [-0.15, -0.1) is 0 Å². The Bertz CT molecular complexity index is 35.1. The molecule has 13 N–H and O–H groups in total. The van der Waals surface area contributed by atoms with Crippen molar-refractivity contribution < 1.29 is 42.8 Å². The number of rotatable bonds is 0. The van der Waals surface area contributed by atoms with Gasteiger partial charge >= 0.3 is 27.3 Å². The first-order valence-corrected chi connectivity index (χ1v) is 0.928. The van der Waals surface area contributed by atoms with E-state index in [2.05, 4.69) is 0 Å². The van der Waals surface area contributed by atoms with Crippen LogP contribution in [0, 0.1) is 0 Å². The number of carboxylic acid groups (broad SMARTS) is 1. The first-order chi connectivity index (χ1) is 1.73. The van der Waals surface area contributed by atoms with Gasteiger partial charge in [-0.05, 0) is 0 Å². The monoisotopic (exact) mass is 378 g/mol. The Kier molecular flexibility index (Phi) is 900. The fraction of sp³-hybridized carbons (Fsp3) is 0.500. The third-order valence-corrected chi connectivity index (χ3v) is 0. The van der Waals surface area contributed by atoms with Gasteiger partial charge in [0.15, 0.2) is 0 Å². The molecule has 11 heavy (non-hydrogen) atoms. The molecule has 0 aromatic rings. The fourth-order valence-corrected chi connectivity index (χ4v) is 0. The van der Waals surface area contributed by atoms with E-state index >= 15 is 0 Å². The number of aliphatic carboxylic acids is 1. The van der Waals surface area contributed by atoms with Crippen LogP contribution < -0.4 is 0 Å². The number of carboxylic acids is 1. The summed E-state index contributed by atoms with van der Waals surface area (Å²) in [5, 5.41) is 7.42. The van der Waals surface area contributed by atoms with Gasteiger partial charge in [0, 0.05) is 6.92 Å². The number of carbonyl (C=O) groups is 1. The van der Waals surface area contributed by atoms with E-state index in [9.17, 15) is 0 Å². The standard InChI is InChI=1S/C2H4O2.6H2O.Pb.2H/c1-2(3)4;;;;;;;;;/h1H3,(H,3,4);6*1H2;;;. The number of hydrogen-bond acceptors (Lipinski definition) is 1. The van der Waals surface area contributed by atoms with E-state index in [0.717, 1.165) is 6.92 Å². The normalized spacial score (nSPS) is 2.27. The molecule has 0 heterocycles. The predicted octanol–water partition coefficient (Wildman–Crippen LogP) is -5.77. The summed E-state index contributed by atoms with van der Waals surface area (Å²) in [6.07, 6.45) is 0. The van der Waals surface area contributed by atoms with E-state index in [-0.39, 0.29) is 60.2 Å². The zero-order valence-corrected chi connectivity index (χ0v) is 11.6. The molecule has 2 radical (unpaired) electrons. The van der Waals surface area contributed by atoms with Crippen LogP contribution in [0.25, 0.3) is 0 Å². The average molecular weight is 377 g/mol. The molecule has 0 saturated carbocycles. The Morgan fingerprint density at radius 1 is 0.909 bits per heavy atom. The molecule has 0 aliphatic heterocycles. The molecule has 78 valence electrons. The van der Waals surface area contributed by atoms with Crippen molar-refractivity contribution >= 4 is 33.3 Å². The molecule has 0 amide bonds. The Hall–Kier alpha value is 0.152. The molecule has 0 unspecified atom stereocenters. The van der Waals surface area contributed by atoms with E-state index in [1.165, 1.54) is 0 Å². The summed E-state index contributed by atoms with van der Waals surface area (Å²) >= 11 is 0. The molecule has 0 bridgehead atoms. The van der Waals surface area contributed by atoms with E-state index in [0.29, 0.717) is 0 Å². The van der Waals surface area contributed by atoms with Crippen molar-refractivity contribution in [1.29, 1.82) is 0 Å². The maximum atomic E-state index is 9.00. The van der Waals surface area contributed by atoms with Gasteiger partial charge in [-0.2, -0.15) is 0 Å². The summed E-state index contributed by atoms with van der Waals surface area (Å²) in [5.41, 5.74) is 0. The van der Waals surface area contributed by atoms with Gasteiger partial charge in [-0.3, -0.25) is 4.79 Å². The molecule has 0 atom stereocenters. The summed E-state index contributed by atoms with van der Waals surface area (Å²) in [6, 6.07) is 0. The van der Waals surface area contributed by atoms with Gasteiger partial charge in [-0.1, -0.05) is 0 Å². The van der Waals surface area contributed by atoms with Crippen LogP contribution in [0.15, 0.2) is 0 Å². The van der Waals surface area contributed by atoms with Gasteiger partial charge in [0.05, 0.1) is 0 Å². The predicted molar refractivity (Wildman–Crippen MR) is 43.5 cm³/mol. The summed E-state index contributed by atoms with van der Waals surface area (Å²) in [5.74, 6) is -0.833. The molecular weight excluding hydrogens is 359 g/mol. The second-order valence-corrected chi connectivity index (χ2v) is 0.519. The van der Waals surface area contributed by atoms with Crippen molar-refractivity contribution in [1.82, 2.24) is 0 Å². The average Bonchev–Trinajstić information content (AvgIpc) is 0.811. The Morgan fingerprint density at radius 2 is 0.909 bits per heavy atom. The van der Waals surface area contributed by atoms with Crippen LogP contribution in [-0.2, 0) is 4.79 Å². The number of hydrogen-bond donors (Lipinski definition) is 1. The van der Waals surface area contributed by atoms with E-state index in [1.807, 2.05) is 0 Å². The molecule has 0 aliphatic carbocycles. The molecule has 0 spiro atoms. The SMILES string of the molecule is CC(=O)O.O.O.O.O.O.O.[PbH2]. The van der Waals surface area contributed by atoms with Crippen LogP contribution in [0.1, 0.15) is 6.92 Å². The van der Waals surface area contributed by atoms with Gasteiger partial charge in [-0.25, -0.2) is 0 Å². The fourth-order valence-electron chi connectivity index (χ4n) is 0. The van der Waals surface area contributed by atoms with Gasteiger partial charge < -0.3 is 38.0 Å². The van der Waals surface area contributed by atoms with Crippen LogP contribution in [0.4, 0.5) is 0 Å². The maximum absolute atomic E-state index is 9.00. The van der Waals surface area contributed by atoms with Gasteiger partial charge in [0.1, 0.15) is 0 Å². The topological polar surface area (TPSA) is 226 Å². The minimum atomic E-state index is -0.833. The molecule has 8 nitrogen and oxygen atoms in total. The summed E-state index contributed by atoms with van der Waals surface area (Å²) in [4.78, 5) is 9.00. The second kappa shape index (κ2) is 85.6. The van der Waals surface area contributed by atoms with Gasteiger partial charge in [0.2, 0.25) is 0 Å². The van der Waals surface area contributed by atoms with Crippen molar-refractivity contribution in [3.8, 4) is 0 Å². The van der Waals surface area contributed by atoms with Crippen LogP contribution in [0.3, 0.4) is 0 Å². The van der Waals surface area contributed by atoms with Crippen LogP contribution >= 0.6 is 0 Å². The summed E-state index contributed by atoms with van der Waals surface area (Å²) in [6.45, 7) is 1.08. The van der Waals surface area contributed by atoms with Crippen molar-refractivity contribution in [2.75, 3.05) is 0 Å². The van der Waals surface area contributed by atoms with Crippen LogP contribution in [-0.4, -0.2) is 71.2 Å². The minimum absolute atomic E-state index is 0. The Balaban J connectivity index is -0.00000000214. The molecule has 0 saturated heterocycles. The van der Waals surface area contributed by atoms with Crippen molar-refractivity contribution in [3.05, 3.63) is 0 Å². The van der Waals surface area contributed by atoms with E-state index < -0.39 is 5.97 Å². The summed E-state index contributed by atoms with van der Waals surface area (Å²) in [7, 11) is 0. The quantitative estimate of drug-likeness (QED) is 0.407. The first kappa shape index (κ1) is 116. The Morgan fingerprint density at radius 3 is 0.909 bits per heavy atom. The van der Waals surface area contributed by atoms with Crippen molar-refractivity contribution in [3.63, 3.8) is 0 Å². The van der Waals surface area contributed by atoms with Crippen molar-refractivity contribution in [2.45, 2.75) is 6.92 Å². The third-order valence-electron chi connectivity index (χ3n) is 0. The molecule has 0 aromatic heterocycles. The van der Waals surface area contributed by atoms with Crippen LogP contribution in [0.5, 0.6) is 0 Å². The van der Waals surface area contributed by atoms with E-state index in [4.69, 9.17) is 9.90 Å². The molecule has 0 aromatic carbocycles. The van der Waals surface area contributed by atoms with E-state index in [1.54, 1.807) is 0 Å². The summed E-state index contributed by atoms with van der Waals surface area (Å²) < 4.78 is 0.